The number of ether oxygens (including phenoxy) is 1. The Balaban J connectivity index is 3.11. The van der Waals surface area contributed by atoms with Crippen molar-refractivity contribution in [1.29, 1.82) is 0 Å². The Bertz CT molecular complexity index is 142. The predicted octanol–water partition coefficient (Wildman–Crippen LogP) is 2.69. The van der Waals surface area contributed by atoms with Crippen molar-refractivity contribution < 1.29 is 4.74 Å². The highest BCUT2D eigenvalue weighted by Gasteiger charge is 2.04. The van der Waals surface area contributed by atoms with Crippen LogP contribution in [0.1, 0.15) is 58.8 Å². The largest absolute Gasteiger partial charge is 0.377 e. The molecule has 3 nitrogen and oxygen atoms in total. The first kappa shape index (κ1) is 16.9. The first-order valence-electron chi connectivity index (χ1n) is 7.37. The van der Waals surface area contributed by atoms with E-state index < -0.39 is 0 Å². The maximum absolute atomic E-state index is 5.61. The van der Waals surface area contributed by atoms with E-state index in [0.717, 1.165) is 26.1 Å². The summed E-state index contributed by atoms with van der Waals surface area (Å²) >= 11 is 0. The van der Waals surface area contributed by atoms with Gasteiger partial charge >= 0.3 is 0 Å². The van der Waals surface area contributed by atoms with E-state index in [1.54, 1.807) is 0 Å². The lowest BCUT2D eigenvalue weighted by Crippen LogP contribution is -2.29. The van der Waals surface area contributed by atoms with Crippen LogP contribution in [0.5, 0.6) is 0 Å². The Morgan fingerprint density at radius 1 is 1.00 bits per heavy atom. The number of hydrogen-bond donors (Lipinski definition) is 2. The van der Waals surface area contributed by atoms with Gasteiger partial charge in [-0.1, -0.05) is 39.0 Å². The van der Waals surface area contributed by atoms with Gasteiger partial charge in [-0.3, -0.25) is 0 Å². The van der Waals surface area contributed by atoms with Crippen molar-refractivity contribution in [2.45, 2.75) is 64.9 Å². The fourth-order valence-corrected chi connectivity index (χ4v) is 1.92. The summed E-state index contributed by atoms with van der Waals surface area (Å²) in [5, 5.41) is 3.46. The van der Waals surface area contributed by atoms with Crippen molar-refractivity contribution in [3.05, 3.63) is 0 Å². The van der Waals surface area contributed by atoms with E-state index in [0.29, 0.717) is 6.54 Å². The maximum atomic E-state index is 5.61. The molecule has 0 heterocycles. The third-order valence-corrected chi connectivity index (χ3v) is 3.02. The summed E-state index contributed by atoms with van der Waals surface area (Å²) in [6.07, 6.45) is 9.42. The van der Waals surface area contributed by atoms with Gasteiger partial charge in [-0.05, 0) is 32.9 Å². The minimum Gasteiger partial charge on any atom is -0.377 e. The zero-order valence-electron chi connectivity index (χ0n) is 11.8. The summed E-state index contributed by atoms with van der Waals surface area (Å²) in [7, 11) is 0. The zero-order valence-corrected chi connectivity index (χ0v) is 11.8. The van der Waals surface area contributed by atoms with E-state index >= 15 is 0 Å². The molecule has 0 radical (unpaired) electrons. The second-order valence-electron chi connectivity index (χ2n) is 4.62. The van der Waals surface area contributed by atoms with Crippen LogP contribution >= 0.6 is 0 Å². The van der Waals surface area contributed by atoms with Gasteiger partial charge in [0.1, 0.15) is 0 Å². The Kier molecular flexibility index (Phi) is 13.8. The van der Waals surface area contributed by atoms with E-state index in [4.69, 9.17) is 10.5 Å². The van der Waals surface area contributed by atoms with Crippen LogP contribution in [-0.2, 0) is 4.74 Å². The average Bonchev–Trinajstić information content (AvgIpc) is 2.35. The number of nitrogens with one attached hydrogen (secondary N) is 1. The van der Waals surface area contributed by atoms with Gasteiger partial charge in [0.2, 0.25) is 0 Å². The summed E-state index contributed by atoms with van der Waals surface area (Å²) in [6.45, 7) is 7.83. The molecule has 1 unspecified atom stereocenters. The van der Waals surface area contributed by atoms with E-state index in [-0.39, 0.29) is 6.10 Å². The molecule has 0 aliphatic carbocycles. The van der Waals surface area contributed by atoms with Gasteiger partial charge < -0.3 is 15.8 Å². The van der Waals surface area contributed by atoms with Crippen LogP contribution < -0.4 is 11.1 Å². The lowest BCUT2D eigenvalue weighted by Gasteiger charge is -2.14. The molecule has 0 fully saturated rings. The zero-order chi connectivity index (χ0) is 12.8. The normalized spacial score (nSPS) is 12.9. The molecule has 0 saturated carbocycles. The Labute approximate surface area is 107 Å². The van der Waals surface area contributed by atoms with E-state index in [1.165, 1.54) is 38.5 Å². The molecule has 0 spiro atoms. The average molecular weight is 244 g/mol. The van der Waals surface area contributed by atoms with Gasteiger partial charge in [-0.25, -0.2) is 0 Å². The summed E-state index contributed by atoms with van der Waals surface area (Å²) in [5.74, 6) is 0. The molecule has 0 aliphatic heterocycles. The molecular weight excluding hydrogens is 212 g/mol. The molecular formula is C14H32N2O. The SMILES string of the molecule is CCCCCCCCNCCC(CN)OCC. The number of hydrogen-bond acceptors (Lipinski definition) is 3. The fourth-order valence-electron chi connectivity index (χ4n) is 1.92. The molecule has 0 saturated heterocycles. The van der Waals surface area contributed by atoms with Gasteiger partial charge in [0, 0.05) is 13.2 Å². The van der Waals surface area contributed by atoms with Gasteiger partial charge in [0.15, 0.2) is 0 Å². The molecule has 0 bridgehead atoms. The lowest BCUT2D eigenvalue weighted by molar-refractivity contribution is 0.0632. The summed E-state index contributed by atoms with van der Waals surface area (Å²) in [4.78, 5) is 0. The highest BCUT2D eigenvalue weighted by Crippen LogP contribution is 2.04. The Morgan fingerprint density at radius 2 is 1.71 bits per heavy atom. The van der Waals surface area contributed by atoms with E-state index in [2.05, 4.69) is 12.2 Å². The number of rotatable bonds is 13. The monoisotopic (exact) mass is 244 g/mol. The molecule has 0 aliphatic rings. The van der Waals surface area contributed by atoms with Crippen molar-refractivity contribution in [3.8, 4) is 0 Å². The van der Waals surface area contributed by atoms with Crippen LogP contribution in [-0.4, -0.2) is 32.3 Å². The summed E-state index contributed by atoms with van der Waals surface area (Å²) in [5.41, 5.74) is 5.61. The maximum Gasteiger partial charge on any atom is 0.0709 e. The summed E-state index contributed by atoms with van der Waals surface area (Å²) in [6, 6.07) is 0. The predicted molar refractivity (Wildman–Crippen MR) is 75.3 cm³/mol. The van der Waals surface area contributed by atoms with E-state index in [1.807, 2.05) is 6.92 Å². The quantitative estimate of drug-likeness (QED) is 0.490. The smallest absolute Gasteiger partial charge is 0.0709 e. The first-order valence-corrected chi connectivity index (χ1v) is 7.37. The van der Waals surface area contributed by atoms with Crippen LogP contribution in [0.2, 0.25) is 0 Å². The minimum absolute atomic E-state index is 0.233. The van der Waals surface area contributed by atoms with Gasteiger partial charge in [-0.15, -0.1) is 0 Å². The fraction of sp³-hybridized carbons (Fsp3) is 1.00. The van der Waals surface area contributed by atoms with Crippen molar-refractivity contribution in [2.75, 3.05) is 26.2 Å². The topological polar surface area (TPSA) is 47.3 Å². The van der Waals surface area contributed by atoms with Crippen LogP contribution in [0.3, 0.4) is 0 Å². The number of nitrogens with two attached hydrogens (primary N) is 1. The van der Waals surface area contributed by atoms with Gasteiger partial charge in [-0.2, -0.15) is 0 Å². The van der Waals surface area contributed by atoms with Gasteiger partial charge in [0.25, 0.3) is 0 Å². The molecule has 3 heteroatoms. The molecule has 104 valence electrons. The molecule has 0 rings (SSSR count). The van der Waals surface area contributed by atoms with Crippen LogP contribution in [0.25, 0.3) is 0 Å². The van der Waals surface area contributed by atoms with Crippen LogP contribution in [0.4, 0.5) is 0 Å². The molecule has 0 aromatic carbocycles. The van der Waals surface area contributed by atoms with E-state index in [9.17, 15) is 0 Å². The lowest BCUT2D eigenvalue weighted by atomic mass is 10.1. The number of unbranched alkanes of at least 4 members (excludes halogenated alkanes) is 5. The Morgan fingerprint density at radius 3 is 2.35 bits per heavy atom. The second-order valence-corrected chi connectivity index (χ2v) is 4.62. The third kappa shape index (κ3) is 12.1. The van der Waals surface area contributed by atoms with Crippen molar-refractivity contribution in [2.24, 2.45) is 5.73 Å². The minimum atomic E-state index is 0.233. The molecule has 1 atom stereocenters. The van der Waals surface area contributed by atoms with Gasteiger partial charge in [0.05, 0.1) is 6.10 Å². The van der Waals surface area contributed by atoms with Crippen LogP contribution in [0, 0.1) is 0 Å². The Hall–Kier alpha value is -0.120. The molecule has 3 N–H and O–H groups in total. The molecule has 0 aromatic heterocycles. The molecule has 0 aromatic rings. The first-order chi connectivity index (χ1) is 8.35. The second kappa shape index (κ2) is 13.9. The van der Waals surface area contributed by atoms with Crippen molar-refractivity contribution in [3.63, 3.8) is 0 Å². The highest BCUT2D eigenvalue weighted by molar-refractivity contribution is 4.60. The van der Waals surface area contributed by atoms with Crippen molar-refractivity contribution >= 4 is 0 Å². The van der Waals surface area contributed by atoms with Crippen LogP contribution in [0.15, 0.2) is 0 Å². The standard InChI is InChI=1S/C14H32N2O/c1-3-5-6-7-8-9-11-16-12-10-14(13-15)17-4-2/h14,16H,3-13,15H2,1-2H3. The highest BCUT2D eigenvalue weighted by atomic mass is 16.5. The molecule has 17 heavy (non-hydrogen) atoms. The molecule has 0 amide bonds. The third-order valence-electron chi connectivity index (χ3n) is 3.02. The van der Waals surface area contributed by atoms with Crippen molar-refractivity contribution in [1.82, 2.24) is 5.32 Å². The summed E-state index contributed by atoms with van der Waals surface area (Å²) < 4.78 is 5.50.